The van der Waals surface area contributed by atoms with Crippen LogP contribution < -0.4 is 10.1 Å². The van der Waals surface area contributed by atoms with Gasteiger partial charge >= 0.3 is 0 Å². The third-order valence-electron chi connectivity index (χ3n) is 2.24. The molecule has 88 valence electrons. The number of benzene rings is 1. The molecule has 17 heavy (non-hydrogen) atoms. The molecule has 0 aliphatic rings. The molecule has 0 fully saturated rings. The van der Waals surface area contributed by atoms with E-state index in [4.69, 9.17) is 4.74 Å². The van der Waals surface area contributed by atoms with Crippen molar-refractivity contribution in [3.8, 4) is 10.8 Å². The topological polar surface area (TPSA) is 21.3 Å². The van der Waals surface area contributed by atoms with Gasteiger partial charge in [0.05, 0.1) is 0 Å². The first-order valence-corrected chi connectivity index (χ1v) is 6.39. The molecule has 1 aromatic heterocycles. The Labute approximate surface area is 106 Å². The van der Waals surface area contributed by atoms with Gasteiger partial charge in [-0.2, -0.15) is 0 Å². The Morgan fingerprint density at radius 2 is 2.12 bits per heavy atom. The highest BCUT2D eigenvalue weighted by atomic mass is 32.1. The van der Waals surface area contributed by atoms with Crippen LogP contribution in [-0.4, -0.2) is 13.6 Å². The fourth-order valence-electron chi connectivity index (χ4n) is 1.44. The van der Waals surface area contributed by atoms with Gasteiger partial charge in [-0.25, -0.2) is 0 Å². The van der Waals surface area contributed by atoms with E-state index in [1.165, 1.54) is 0 Å². The van der Waals surface area contributed by atoms with Crippen molar-refractivity contribution in [2.24, 2.45) is 0 Å². The Morgan fingerprint density at radius 1 is 1.24 bits per heavy atom. The highest BCUT2D eigenvalue weighted by Crippen LogP contribution is 2.29. The third-order valence-corrected chi connectivity index (χ3v) is 2.99. The van der Waals surface area contributed by atoms with Gasteiger partial charge in [0, 0.05) is 12.1 Å². The molecule has 0 radical (unpaired) electrons. The fourth-order valence-corrected chi connectivity index (χ4v) is 2.03. The molecule has 0 atom stereocenters. The van der Waals surface area contributed by atoms with Gasteiger partial charge in [0.1, 0.15) is 5.75 Å². The van der Waals surface area contributed by atoms with Gasteiger partial charge in [-0.05, 0) is 30.6 Å². The molecule has 0 saturated carbocycles. The van der Waals surface area contributed by atoms with E-state index in [-0.39, 0.29) is 0 Å². The predicted molar refractivity (Wildman–Crippen MR) is 73.8 cm³/mol. The first-order chi connectivity index (χ1) is 8.40. The molecule has 0 aliphatic carbocycles. The Hall–Kier alpha value is -1.58. The van der Waals surface area contributed by atoms with E-state index in [1.54, 1.807) is 11.3 Å². The summed E-state index contributed by atoms with van der Waals surface area (Å²) in [6.07, 6.45) is 4.15. The Bertz CT molecular complexity index is 477. The van der Waals surface area contributed by atoms with Gasteiger partial charge in [-0.3, -0.25) is 0 Å². The van der Waals surface area contributed by atoms with Crippen LogP contribution in [0.25, 0.3) is 6.08 Å². The molecule has 0 bridgehead atoms. The number of rotatable bonds is 5. The number of nitrogens with one attached hydrogen (secondary N) is 1. The van der Waals surface area contributed by atoms with Crippen LogP contribution in [0.2, 0.25) is 0 Å². The second-order valence-electron chi connectivity index (χ2n) is 3.53. The smallest absolute Gasteiger partial charge is 0.180 e. The first kappa shape index (κ1) is 11.9. The second kappa shape index (κ2) is 6.23. The fraction of sp³-hybridized carbons (Fsp3) is 0.143. The lowest BCUT2D eigenvalue weighted by molar-refractivity contribution is 0.495. The van der Waals surface area contributed by atoms with E-state index in [2.05, 4.69) is 23.5 Å². The molecule has 1 heterocycles. The minimum Gasteiger partial charge on any atom is -0.446 e. The number of likely N-dealkylation sites (N-methyl/N-ethyl adjacent to an activating group) is 1. The van der Waals surface area contributed by atoms with Crippen molar-refractivity contribution in [2.75, 3.05) is 13.6 Å². The van der Waals surface area contributed by atoms with Gasteiger partial charge in [0.15, 0.2) is 5.06 Å². The SMILES string of the molecule is CNCC=Cc1ccccc1Oc1cccs1. The lowest BCUT2D eigenvalue weighted by Crippen LogP contribution is -2.03. The normalized spacial score (nSPS) is 10.9. The third kappa shape index (κ3) is 3.44. The predicted octanol–water partition coefficient (Wildman–Crippen LogP) is 3.77. The highest BCUT2D eigenvalue weighted by Gasteiger charge is 2.01. The molecule has 2 rings (SSSR count). The minimum absolute atomic E-state index is 0.855. The number of thiophene rings is 1. The van der Waals surface area contributed by atoms with E-state index in [0.29, 0.717) is 0 Å². The van der Waals surface area contributed by atoms with Crippen molar-refractivity contribution >= 4 is 17.4 Å². The molecule has 0 aliphatic heterocycles. The van der Waals surface area contributed by atoms with Gasteiger partial charge in [-0.15, -0.1) is 11.3 Å². The van der Waals surface area contributed by atoms with E-state index in [0.717, 1.165) is 22.9 Å². The lowest BCUT2D eigenvalue weighted by atomic mass is 10.2. The van der Waals surface area contributed by atoms with Gasteiger partial charge in [0.25, 0.3) is 0 Å². The molecule has 1 N–H and O–H groups in total. The monoisotopic (exact) mass is 245 g/mol. The van der Waals surface area contributed by atoms with E-state index in [9.17, 15) is 0 Å². The molecule has 0 unspecified atom stereocenters. The van der Waals surface area contributed by atoms with Crippen LogP contribution in [0.15, 0.2) is 47.9 Å². The van der Waals surface area contributed by atoms with E-state index < -0.39 is 0 Å². The summed E-state index contributed by atoms with van der Waals surface area (Å²) in [7, 11) is 1.93. The molecule has 1 aromatic carbocycles. The zero-order chi connectivity index (χ0) is 11.9. The summed E-state index contributed by atoms with van der Waals surface area (Å²) in [4.78, 5) is 0. The number of hydrogen-bond donors (Lipinski definition) is 1. The van der Waals surface area contributed by atoms with Gasteiger partial charge in [-0.1, -0.05) is 30.4 Å². The second-order valence-corrected chi connectivity index (χ2v) is 4.44. The van der Waals surface area contributed by atoms with Crippen LogP contribution in [0.3, 0.4) is 0 Å². The maximum atomic E-state index is 5.83. The van der Waals surface area contributed by atoms with E-state index in [1.807, 2.05) is 42.8 Å². The van der Waals surface area contributed by atoms with Crippen molar-refractivity contribution in [2.45, 2.75) is 0 Å². The van der Waals surface area contributed by atoms with Gasteiger partial charge < -0.3 is 10.1 Å². The molecular formula is C14H15NOS. The summed E-state index contributed by atoms with van der Waals surface area (Å²) in [6, 6.07) is 12.0. The van der Waals surface area contributed by atoms with Crippen molar-refractivity contribution in [3.05, 3.63) is 53.4 Å². The Morgan fingerprint density at radius 3 is 2.88 bits per heavy atom. The molecule has 2 nitrogen and oxygen atoms in total. The van der Waals surface area contributed by atoms with Crippen LogP contribution in [0.5, 0.6) is 10.8 Å². The van der Waals surface area contributed by atoms with Crippen molar-refractivity contribution in [1.29, 1.82) is 0 Å². The minimum atomic E-state index is 0.855. The summed E-state index contributed by atoms with van der Waals surface area (Å²) >= 11 is 1.60. The van der Waals surface area contributed by atoms with Crippen LogP contribution >= 0.6 is 11.3 Å². The molecular weight excluding hydrogens is 230 g/mol. The average molecular weight is 245 g/mol. The summed E-state index contributed by atoms with van der Waals surface area (Å²) in [5.74, 6) is 0.891. The number of para-hydroxylation sites is 1. The zero-order valence-corrected chi connectivity index (χ0v) is 10.5. The maximum absolute atomic E-state index is 5.83. The summed E-state index contributed by atoms with van der Waals surface area (Å²) in [5.41, 5.74) is 1.09. The molecule has 0 spiro atoms. The van der Waals surface area contributed by atoms with Crippen molar-refractivity contribution < 1.29 is 4.74 Å². The lowest BCUT2D eigenvalue weighted by Gasteiger charge is -2.06. The Kier molecular flexibility index (Phi) is 4.36. The van der Waals surface area contributed by atoms with Gasteiger partial charge in [0.2, 0.25) is 0 Å². The average Bonchev–Trinajstić information content (AvgIpc) is 2.84. The number of ether oxygens (including phenoxy) is 1. The molecule has 3 heteroatoms. The Balaban J connectivity index is 2.15. The van der Waals surface area contributed by atoms with Crippen molar-refractivity contribution in [1.82, 2.24) is 5.32 Å². The zero-order valence-electron chi connectivity index (χ0n) is 9.72. The maximum Gasteiger partial charge on any atom is 0.180 e. The number of hydrogen-bond acceptors (Lipinski definition) is 3. The molecule has 0 saturated heterocycles. The van der Waals surface area contributed by atoms with Crippen LogP contribution in [0.4, 0.5) is 0 Å². The van der Waals surface area contributed by atoms with Crippen LogP contribution in [0, 0.1) is 0 Å². The first-order valence-electron chi connectivity index (χ1n) is 5.51. The largest absolute Gasteiger partial charge is 0.446 e. The van der Waals surface area contributed by atoms with Crippen LogP contribution in [-0.2, 0) is 0 Å². The summed E-state index contributed by atoms with van der Waals surface area (Å²) in [6.45, 7) is 0.855. The standard InChI is InChI=1S/C14H15NOS/c1-15-10-4-7-12-6-2-3-8-13(12)16-14-9-5-11-17-14/h2-9,11,15H,10H2,1H3. The summed E-state index contributed by atoms with van der Waals surface area (Å²) < 4.78 is 5.83. The molecule has 2 aromatic rings. The van der Waals surface area contributed by atoms with Crippen molar-refractivity contribution in [3.63, 3.8) is 0 Å². The van der Waals surface area contributed by atoms with Crippen LogP contribution in [0.1, 0.15) is 5.56 Å². The summed E-state index contributed by atoms with van der Waals surface area (Å²) in [5, 5.41) is 6.00. The quantitative estimate of drug-likeness (QED) is 0.865. The highest BCUT2D eigenvalue weighted by molar-refractivity contribution is 7.11. The molecule has 0 amide bonds. The van der Waals surface area contributed by atoms with E-state index >= 15 is 0 Å².